The number of benzene rings is 2. The molecular formula is C19H23FN2O3. The summed E-state index contributed by atoms with van der Waals surface area (Å²) in [4.78, 5) is 12.1. The largest absolute Gasteiger partial charge is 0.497 e. The van der Waals surface area contributed by atoms with Crippen molar-refractivity contribution in [2.75, 3.05) is 12.4 Å². The highest BCUT2D eigenvalue weighted by molar-refractivity contribution is 5.91. The van der Waals surface area contributed by atoms with Gasteiger partial charge in [-0.25, -0.2) is 4.39 Å². The first-order chi connectivity index (χ1) is 12.0. The summed E-state index contributed by atoms with van der Waals surface area (Å²) >= 11 is 0. The Bertz CT molecular complexity index is 704. The molecule has 0 aliphatic heterocycles. The van der Waals surface area contributed by atoms with Crippen molar-refractivity contribution in [1.82, 2.24) is 5.32 Å². The molecule has 1 atom stereocenters. The van der Waals surface area contributed by atoms with Gasteiger partial charge in [-0.15, -0.1) is 0 Å². The second kappa shape index (κ2) is 9.15. The molecule has 0 heterocycles. The summed E-state index contributed by atoms with van der Waals surface area (Å²) in [5.41, 5.74) is 1.83. The van der Waals surface area contributed by atoms with Crippen LogP contribution in [-0.2, 0) is 17.9 Å². The average molecular weight is 346 g/mol. The number of ether oxygens (including phenoxy) is 1. The van der Waals surface area contributed by atoms with Crippen LogP contribution in [0, 0.1) is 5.82 Å². The fourth-order valence-electron chi connectivity index (χ4n) is 2.39. The topological polar surface area (TPSA) is 70.6 Å². The van der Waals surface area contributed by atoms with Crippen LogP contribution < -0.4 is 15.4 Å². The van der Waals surface area contributed by atoms with Gasteiger partial charge in [-0.2, -0.15) is 0 Å². The third-order valence-corrected chi connectivity index (χ3v) is 3.80. The van der Waals surface area contributed by atoms with Crippen molar-refractivity contribution >= 4 is 11.6 Å². The first-order valence-corrected chi connectivity index (χ1v) is 8.07. The average Bonchev–Trinajstić information content (AvgIpc) is 2.61. The fraction of sp³-hybridized carbons (Fsp3) is 0.316. The standard InChI is InChI=1S/C19H23FN2O3/c1-13(21-11-14-3-8-18(20)15(10-14)12-23)9-19(24)22-16-4-6-17(25-2)7-5-16/h3-8,10,13,21,23H,9,11-12H2,1-2H3,(H,22,24). The Morgan fingerprint density at radius 3 is 2.60 bits per heavy atom. The summed E-state index contributed by atoms with van der Waals surface area (Å²) in [7, 11) is 1.59. The van der Waals surface area contributed by atoms with Gasteiger partial charge in [0.1, 0.15) is 11.6 Å². The quantitative estimate of drug-likeness (QED) is 0.687. The van der Waals surface area contributed by atoms with Gasteiger partial charge in [0.05, 0.1) is 13.7 Å². The van der Waals surface area contributed by atoms with Crippen molar-refractivity contribution in [3.05, 3.63) is 59.4 Å². The summed E-state index contributed by atoms with van der Waals surface area (Å²) in [6.45, 7) is 2.06. The molecule has 1 amide bonds. The number of nitrogens with one attached hydrogen (secondary N) is 2. The summed E-state index contributed by atoms with van der Waals surface area (Å²) in [5.74, 6) is 0.216. The van der Waals surface area contributed by atoms with E-state index in [9.17, 15) is 9.18 Å². The van der Waals surface area contributed by atoms with E-state index in [0.29, 0.717) is 18.7 Å². The van der Waals surface area contributed by atoms with Gasteiger partial charge in [-0.05, 0) is 48.9 Å². The van der Waals surface area contributed by atoms with E-state index in [-0.39, 0.29) is 24.1 Å². The van der Waals surface area contributed by atoms with Crippen molar-refractivity contribution < 1.29 is 19.0 Å². The Morgan fingerprint density at radius 1 is 1.24 bits per heavy atom. The number of rotatable bonds is 8. The third kappa shape index (κ3) is 5.85. The Morgan fingerprint density at radius 2 is 1.96 bits per heavy atom. The van der Waals surface area contributed by atoms with Gasteiger partial charge in [0.15, 0.2) is 0 Å². The molecule has 0 aliphatic rings. The van der Waals surface area contributed by atoms with Crippen LogP contribution >= 0.6 is 0 Å². The molecule has 6 heteroatoms. The zero-order valence-corrected chi connectivity index (χ0v) is 14.4. The van der Waals surface area contributed by atoms with Crippen LogP contribution in [0.2, 0.25) is 0 Å². The third-order valence-electron chi connectivity index (χ3n) is 3.80. The van der Waals surface area contributed by atoms with E-state index in [1.165, 1.54) is 6.07 Å². The maximum Gasteiger partial charge on any atom is 0.225 e. The minimum atomic E-state index is -0.418. The molecule has 5 nitrogen and oxygen atoms in total. The van der Waals surface area contributed by atoms with E-state index in [0.717, 1.165) is 11.3 Å². The van der Waals surface area contributed by atoms with Crippen LogP contribution in [0.5, 0.6) is 5.75 Å². The van der Waals surface area contributed by atoms with Crippen molar-refractivity contribution in [3.63, 3.8) is 0 Å². The molecule has 0 aromatic heterocycles. The number of hydrogen-bond acceptors (Lipinski definition) is 4. The SMILES string of the molecule is COc1ccc(NC(=O)CC(C)NCc2ccc(F)c(CO)c2)cc1. The van der Waals surface area contributed by atoms with Crippen LogP contribution in [-0.4, -0.2) is 24.2 Å². The molecule has 0 bridgehead atoms. The number of amides is 1. The van der Waals surface area contributed by atoms with Gasteiger partial charge >= 0.3 is 0 Å². The van der Waals surface area contributed by atoms with Gasteiger partial charge in [0.25, 0.3) is 0 Å². The number of hydrogen-bond donors (Lipinski definition) is 3. The first kappa shape index (κ1) is 18.9. The highest BCUT2D eigenvalue weighted by Crippen LogP contribution is 2.15. The lowest BCUT2D eigenvalue weighted by Crippen LogP contribution is -2.30. The lowest BCUT2D eigenvalue weighted by atomic mass is 10.1. The molecule has 0 saturated carbocycles. The number of aliphatic hydroxyl groups is 1. The number of aliphatic hydroxyl groups excluding tert-OH is 1. The molecule has 0 spiro atoms. The monoisotopic (exact) mass is 346 g/mol. The highest BCUT2D eigenvalue weighted by atomic mass is 19.1. The number of halogens is 1. The minimum Gasteiger partial charge on any atom is -0.497 e. The molecule has 2 aromatic rings. The Balaban J connectivity index is 1.80. The van der Waals surface area contributed by atoms with Crippen molar-refractivity contribution in [3.8, 4) is 5.75 Å². The maximum absolute atomic E-state index is 13.4. The number of anilines is 1. The molecule has 134 valence electrons. The zero-order chi connectivity index (χ0) is 18.2. The molecule has 2 aromatic carbocycles. The smallest absolute Gasteiger partial charge is 0.225 e. The van der Waals surface area contributed by atoms with Gasteiger partial charge in [0.2, 0.25) is 5.91 Å². The van der Waals surface area contributed by atoms with Crippen LogP contribution in [0.4, 0.5) is 10.1 Å². The van der Waals surface area contributed by atoms with E-state index in [4.69, 9.17) is 9.84 Å². The lowest BCUT2D eigenvalue weighted by molar-refractivity contribution is -0.116. The van der Waals surface area contributed by atoms with E-state index in [1.807, 2.05) is 6.92 Å². The first-order valence-electron chi connectivity index (χ1n) is 8.07. The highest BCUT2D eigenvalue weighted by Gasteiger charge is 2.10. The van der Waals surface area contributed by atoms with Crippen LogP contribution in [0.3, 0.4) is 0 Å². The minimum absolute atomic E-state index is 0.0547. The molecule has 0 radical (unpaired) electrons. The molecule has 3 N–H and O–H groups in total. The predicted octanol–water partition coefficient (Wildman–Crippen LogP) is 2.83. The Labute approximate surface area is 146 Å². The molecule has 2 rings (SSSR count). The summed E-state index contributed by atoms with van der Waals surface area (Å²) in [6, 6.07) is 11.7. The predicted molar refractivity (Wildman–Crippen MR) is 94.9 cm³/mol. The summed E-state index contributed by atoms with van der Waals surface area (Å²) < 4.78 is 18.4. The molecule has 0 saturated heterocycles. The lowest BCUT2D eigenvalue weighted by Gasteiger charge is -2.14. The van der Waals surface area contributed by atoms with Gasteiger partial charge < -0.3 is 20.5 Å². The van der Waals surface area contributed by atoms with Crippen molar-refractivity contribution in [2.45, 2.75) is 32.5 Å². The van der Waals surface area contributed by atoms with Crippen LogP contribution in [0.15, 0.2) is 42.5 Å². The molecule has 1 unspecified atom stereocenters. The fourth-order valence-corrected chi connectivity index (χ4v) is 2.39. The van der Waals surface area contributed by atoms with Crippen molar-refractivity contribution in [2.24, 2.45) is 0 Å². The number of methoxy groups -OCH3 is 1. The van der Waals surface area contributed by atoms with Crippen molar-refractivity contribution in [1.29, 1.82) is 0 Å². The number of carbonyl (C=O) groups is 1. The molecule has 0 fully saturated rings. The van der Waals surface area contributed by atoms with Gasteiger partial charge in [-0.3, -0.25) is 4.79 Å². The second-order valence-corrected chi connectivity index (χ2v) is 5.85. The van der Waals surface area contributed by atoms with Crippen LogP contribution in [0.1, 0.15) is 24.5 Å². The number of carbonyl (C=O) groups excluding carboxylic acids is 1. The van der Waals surface area contributed by atoms with Gasteiger partial charge in [0, 0.05) is 30.3 Å². The van der Waals surface area contributed by atoms with Gasteiger partial charge in [-0.1, -0.05) is 6.07 Å². The maximum atomic E-state index is 13.4. The van der Waals surface area contributed by atoms with Crippen LogP contribution in [0.25, 0.3) is 0 Å². The zero-order valence-electron chi connectivity index (χ0n) is 14.4. The molecule has 25 heavy (non-hydrogen) atoms. The molecular weight excluding hydrogens is 323 g/mol. The Kier molecular flexibility index (Phi) is 6.91. The van der Waals surface area contributed by atoms with E-state index in [1.54, 1.807) is 43.5 Å². The second-order valence-electron chi connectivity index (χ2n) is 5.85. The van der Waals surface area contributed by atoms with E-state index >= 15 is 0 Å². The molecule has 0 aliphatic carbocycles. The van der Waals surface area contributed by atoms with E-state index in [2.05, 4.69) is 10.6 Å². The summed E-state index contributed by atoms with van der Waals surface area (Å²) in [6.07, 6.45) is 0.306. The normalized spacial score (nSPS) is 11.8. The van der Waals surface area contributed by atoms with E-state index < -0.39 is 5.82 Å². The Hall–Kier alpha value is -2.44. The summed E-state index contributed by atoms with van der Waals surface area (Å²) in [5, 5.41) is 15.1.